The summed E-state index contributed by atoms with van der Waals surface area (Å²) < 4.78 is 5.61. The minimum absolute atomic E-state index is 0.145. The molecule has 0 spiro atoms. The molecule has 0 atom stereocenters. The van der Waals surface area contributed by atoms with Crippen LogP contribution in [-0.2, 0) is 0 Å². The van der Waals surface area contributed by atoms with Gasteiger partial charge in [0.1, 0.15) is 5.75 Å². The molecule has 6 nitrogen and oxygen atoms in total. The summed E-state index contributed by atoms with van der Waals surface area (Å²) in [5, 5.41) is 22.6. The molecule has 0 bridgehead atoms. The van der Waals surface area contributed by atoms with E-state index in [-0.39, 0.29) is 11.5 Å². The van der Waals surface area contributed by atoms with E-state index in [1.54, 1.807) is 24.3 Å². The van der Waals surface area contributed by atoms with Crippen molar-refractivity contribution in [2.75, 3.05) is 7.11 Å². The van der Waals surface area contributed by atoms with Crippen molar-refractivity contribution in [2.24, 2.45) is 0 Å². The number of carbonyl (C=O) groups is 1. The Bertz CT molecular complexity index is 801. The number of nitro benzene ring substituents is 1. The van der Waals surface area contributed by atoms with Crippen LogP contribution in [0.25, 0.3) is 6.08 Å². The molecule has 2 aromatic rings. The van der Waals surface area contributed by atoms with Gasteiger partial charge in [0.25, 0.3) is 5.69 Å². The summed E-state index contributed by atoms with van der Waals surface area (Å²) in [5.41, 5.74) is 0.202. The van der Waals surface area contributed by atoms with Crippen molar-refractivity contribution in [2.45, 2.75) is 0 Å². The van der Waals surface area contributed by atoms with Crippen molar-refractivity contribution >= 4 is 33.5 Å². The molecule has 0 heterocycles. The highest BCUT2D eigenvalue weighted by molar-refractivity contribution is 9.10. The lowest BCUT2D eigenvalue weighted by Crippen LogP contribution is -2.01. The number of benzene rings is 2. The zero-order valence-electron chi connectivity index (χ0n) is 12.0. The Balaban J connectivity index is 2.34. The Hall–Kier alpha value is -2.67. The summed E-state index contributed by atoms with van der Waals surface area (Å²) in [6.45, 7) is 0. The Kier molecular flexibility index (Phi) is 5.13. The molecule has 0 N–H and O–H groups in total. The van der Waals surface area contributed by atoms with Crippen LogP contribution in [0.4, 0.5) is 5.69 Å². The predicted octanol–water partition coefficient (Wildman–Crippen LogP) is 3.34. The molecule has 0 aliphatic carbocycles. The van der Waals surface area contributed by atoms with Crippen LogP contribution in [0.2, 0.25) is 0 Å². The zero-order valence-corrected chi connectivity index (χ0v) is 13.6. The monoisotopic (exact) mass is 376 g/mol. The summed E-state index contributed by atoms with van der Waals surface area (Å²) in [6, 6.07) is 9.29. The maximum atomic E-state index is 12.1. The fraction of sp³-hybridized carbons (Fsp3) is 0.0625. The molecule has 7 heteroatoms. The molecule has 0 aliphatic heterocycles. The molecule has 2 aromatic carbocycles. The topological polar surface area (TPSA) is 92.5 Å². The normalized spacial score (nSPS) is 10.7. The van der Waals surface area contributed by atoms with Crippen LogP contribution in [0.5, 0.6) is 11.5 Å². The van der Waals surface area contributed by atoms with Crippen LogP contribution < -0.4 is 9.84 Å². The number of nitrogens with zero attached hydrogens (tertiary/aromatic N) is 1. The fourth-order valence-electron chi connectivity index (χ4n) is 1.90. The van der Waals surface area contributed by atoms with Gasteiger partial charge < -0.3 is 9.84 Å². The molecule has 0 aliphatic rings. The number of nitro groups is 1. The highest BCUT2D eigenvalue weighted by atomic mass is 79.9. The second kappa shape index (κ2) is 7.06. The molecule has 2 rings (SSSR count). The van der Waals surface area contributed by atoms with Crippen molar-refractivity contribution in [1.29, 1.82) is 0 Å². The van der Waals surface area contributed by atoms with E-state index < -0.39 is 16.4 Å². The number of methoxy groups -OCH3 is 1. The first-order chi connectivity index (χ1) is 10.9. The molecule has 0 radical (unpaired) electrons. The van der Waals surface area contributed by atoms with Gasteiger partial charge in [0.2, 0.25) is 0 Å². The predicted molar refractivity (Wildman–Crippen MR) is 86.6 cm³/mol. The number of ether oxygens (including phenoxy) is 1. The zero-order chi connectivity index (χ0) is 17.0. The Morgan fingerprint density at radius 2 is 2.04 bits per heavy atom. The van der Waals surface area contributed by atoms with E-state index >= 15 is 0 Å². The number of allylic oxidation sites excluding steroid dienone is 1. The summed E-state index contributed by atoms with van der Waals surface area (Å²) in [5.74, 6) is -1.21. The first-order valence-corrected chi connectivity index (χ1v) is 7.23. The number of halogens is 1. The van der Waals surface area contributed by atoms with Gasteiger partial charge in [-0.15, -0.1) is 0 Å². The molecule has 0 saturated heterocycles. The summed E-state index contributed by atoms with van der Waals surface area (Å²) in [6.07, 6.45) is 2.68. The third-order valence-corrected chi connectivity index (χ3v) is 3.50. The first-order valence-electron chi connectivity index (χ1n) is 6.44. The van der Waals surface area contributed by atoms with Crippen molar-refractivity contribution in [3.63, 3.8) is 0 Å². The van der Waals surface area contributed by atoms with Gasteiger partial charge >= 0.3 is 0 Å². The number of hydrogen-bond acceptors (Lipinski definition) is 5. The Morgan fingerprint density at radius 3 is 2.65 bits per heavy atom. The lowest BCUT2D eigenvalue weighted by molar-refractivity contribution is -0.398. The molecule has 0 amide bonds. The highest BCUT2D eigenvalue weighted by Crippen LogP contribution is 2.34. The third kappa shape index (κ3) is 3.95. The number of hydrogen-bond donors (Lipinski definition) is 0. The van der Waals surface area contributed by atoms with E-state index in [1.807, 2.05) is 0 Å². The van der Waals surface area contributed by atoms with Crippen LogP contribution in [0, 0.1) is 10.1 Å². The molecule has 0 fully saturated rings. The first kappa shape index (κ1) is 16.7. The van der Waals surface area contributed by atoms with Gasteiger partial charge in [-0.3, -0.25) is 14.9 Å². The second-order valence-corrected chi connectivity index (χ2v) is 5.45. The molecule has 0 aromatic heterocycles. The number of carbonyl (C=O) groups excluding carboxylic acids is 1. The average Bonchev–Trinajstić information content (AvgIpc) is 2.53. The summed E-state index contributed by atoms with van der Waals surface area (Å²) in [4.78, 5) is 22.2. The highest BCUT2D eigenvalue weighted by Gasteiger charge is 2.12. The van der Waals surface area contributed by atoms with Crippen LogP contribution in [0.1, 0.15) is 15.9 Å². The van der Waals surface area contributed by atoms with Gasteiger partial charge in [0.15, 0.2) is 5.78 Å². The van der Waals surface area contributed by atoms with E-state index in [4.69, 9.17) is 4.74 Å². The van der Waals surface area contributed by atoms with Crippen LogP contribution >= 0.6 is 15.9 Å². The van der Waals surface area contributed by atoms with Crippen molar-refractivity contribution in [1.82, 2.24) is 0 Å². The quantitative estimate of drug-likeness (QED) is 0.345. The van der Waals surface area contributed by atoms with Crippen molar-refractivity contribution in [3.05, 3.63) is 68.2 Å². The molecule has 118 valence electrons. The van der Waals surface area contributed by atoms with Crippen LogP contribution in [-0.4, -0.2) is 17.8 Å². The van der Waals surface area contributed by atoms with E-state index in [0.717, 1.165) is 10.5 Å². The number of ketones is 1. The third-order valence-electron chi connectivity index (χ3n) is 3.01. The average molecular weight is 377 g/mol. The Labute approximate surface area is 140 Å². The van der Waals surface area contributed by atoms with E-state index in [1.165, 1.54) is 25.3 Å². The Morgan fingerprint density at radius 1 is 1.30 bits per heavy atom. The van der Waals surface area contributed by atoms with Crippen LogP contribution in [0.3, 0.4) is 0 Å². The van der Waals surface area contributed by atoms with Crippen molar-refractivity contribution < 1.29 is 19.6 Å². The molecule has 0 unspecified atom stereocenters. The number of rotatable bonds is 5. The minimum Gasteiger partial charge on any atom is -0.865 e. The smallest absolute Gasteiger partial charge is 0.266 e. The van der Waals surface area contributed by atoms with Crippen LogP contribution in [0.15, 0.2) is 46.9 Å². The second-order valence-electron chi connectivity index (χ2n) is 4.54. The van der Waals surface area contributed by atoms with Crippen molar-refractivity contribution in [3.8, 4) is 11.5 Å². The maximum Gasteiger partial charge on any atom is 0.266 e. The van der Waals surface area contributed by atoms with E-state index in [9.17, 15) is 20.0 Å². The summed E-state index contributed by atoms with van der Waals surface area (Å²) in [7, 11) is 1.25. The maximum absolute atomic E-state index is 12.1. The fourth-order valence-corrected chi connectivity index (χ4v) is 2.30. The SMILES string of the molecule is COc1cc(/C=C/C(=O)c2cccc(Br)c2)cc([N+](=O)[O-])c1[O-]. The van der Waals surface area contributed by atoms with Gasteiger partial charge in [-0.05, 0) is 29.8 Å². The molecule has 23 heavy (non-hydrogen) atoms. The molecular formula is C16H11BrNO5-. The lowest BCUT2D eigenvalue weighted by Gasteiger charge is -2.13. The van der Waals surface area contributed by atoms with Gasteiger partial charge in [-0.1, -0.05) is 34.1 Å². The lowest BCUT2D eigenvalue weighted by atomic mass is 10.1. The van der Waals surface area contributed by atoms with Gasteiger partial charge in [0, 0.05) is 21.9 Å². The van der Waals surface area contributed by atoms with Gasteiger partial charge in [0.05, 0.1) is 12.0 Å². The van der Waals surface area contributed by atoms with E-state index in [2.05, 4.69) is 15.9 Å². The largest absolute Gasteiger partial charge is 0.865 e. The van der Waals surface area contributed by atoms with Gasteiger partial charge in [-0.2, -0.15) is 0 Å². The molecular weight excluding hydrogens is 366 g/mol. The van der Waals surface area contributed by atoms with E-state index in [0.29, 0.717) is 11.1 Å². The summed E-state index contributed by atoms with van der Waals surface area (Å²) >= 11 is 3.28. The standard InChI is InChI=1S/C16H12BrNO5/c1-23-15-8-10(7-13(16(15)20)18(21)22)5-6-14(19)11-3-2-4-12(17)9-11/h2-9,20H,1H3/p-1/b6-5+. The van der Waals surface area contributed by atoms with Gasteiger partial charge in [-0.25, -0.2) is 0 Å². The minimum atomic E-state index is -0.798. The molecule has 0 saturated carbocycles.